The molecule has 1 aliphatic rings. The summed E-state index contributed by atoms with van der Waals surface area (Å²) in [5.41, 5.74) is 2.81. The zero-order valence-electron chi connectivity index (χ0n) is 24.2. The molecule has 11 heteroatoms. The van der Waals surface area contributed by atoms with Crippen LogP contribution in [0.2, 0.25) is 10.0 Å². The van der Waals surface area contributed by atoms with Crippen molar-refractivity contribution in [2.75, 3.05) is 13.7 Å². The molecule has 3 aromatic carbocycles. The maximum Gasteiger partial charge on any atom is 0.338 e. The van der Waals surface area contributed by atoms with Gasteiger partial charge in [-0.3, -0.25) is 9.36 Å². The summed E-state index contributed by atoms with van der Waals surface area (Å²) in [5, 5.41) is 1.08. The zero-order chi connectivity index (χ0) is 31.4. The minimum Gasteiger partial charge on any atom is -0.496 e. The van der Waals surface area contributed by atoms with Crippen molar-refractivity contribution in [1.29, 1.82) is 0 Å². The van der Waals surface area contributed by atoms with Crippen LogP contribution in [0.4, 0.5) is 0 Å². The zero-order valence-corrected chi connectivity index (χ0v) is 28.1. The Morgan fingerprint density at radius 2 is 1.86 bits per heavy atom. The summed E-state index contributed by atoms with van der Waals surface area (Å²) in [6.45, 7) is 4.24. The van der Waals surface area contributed by atoms with Crippen LogP contribution in [0.1, 0.15) is 49.4 Å². The van der Waals surface area contributed by atoms with Gasteiger partial charge in [-0.1, -0.05) is 72.1 Å². The van der Waals surface area contributed by atoms with Crippen LogP contribution in [-0.2, 0) is 16.1 Å². The van der Waals surface area contributed by atoms with E-state index in [0.717, 1.165) is 22.0 Å². The van der Waals surface area contributed by atoms with Gasteiger partial charge in [0.2, 0.25) is 0 Å². The lowest BCUT2D eigenvalue weighted by Crippen LogP contribution is -2.40. The maximum atomic E-state index is 14.1. The number of rotatable bonds is 10. The molecule has 44 heavy (non-hydrogen) atoms. The second-order valence-corrected chi connectivity index (χ2v) is 12.6. The fourth-order valence-electron chi connectivity index (χ4n) is 4.98. The highest BCUT2D eigenvalue weighted by atomic mass is 79.9. The number of carbonyl (C=O) groups is 1. The van der Waals surface area contributed by atoms with Crippen molar-refractivity contribution < 1.29 is 19.0 Å². The molecule has 1 aromatic heterocycles. The van der Waals surface area contributed by atoms with E-state index in [1.807, 2.05) is 49.4 Å². The van der Waals surface area contributed by atoms with Crippen molar-refractivity contribution in [3.05, 3.63) is 123 Å². The predicted molar refractivity (Wildman–Crippen MR) is 178 cm³/mol. The number of benzene rings is 3. The van der Waals surface area contributed by atoms with Crippen LogP contribution in [-0.4, -0.2) is 24.3 Å². The Kier molecular flexibility index (Phi) is 10.3. The Bertz CT molecular complexity index is 1930. The number of halogens is 3. The molecule has 0 radical (unpaired) electrons. The van der Waals surface area contributed by atoms with Crippen LogP contribution < -0.4 is 24.4 Å². The van der Waals surface area contributed by atoms with Crippen molar-refractivity contribution in [2.24, 2.45) is 4.99 Å². The molecular formula is C33H29BrCl2N2O5S. The summed E-state index contributed by atoms with van der Waals surface area (Å²) in [4.78, 5) is 32.8. The van der Waals surface area contributed by atoms with Crippen molar-refractivity contribution >= 4 is 62.5 Å². The Labute approximate surface area is 277 Å². The minimum absolute atomic E-state index is 0.179. The van der Waals surface area contributed by atoms with Gasteiger partial charge in [0.25, 0.3) is 5.56 Å². The molecule has 0 amide bonds. The van der Waals surface area contributed by atoms with Gasteiger partial charge in [0.15, 0.2) is 4.80 Å². The first-order valence-corrected chi connectivity index (χ1v) is 16.3. The lowest BCUT2D eigenvalue weighted by molar-refractivity contribution is -0.139. The van der Waals surface area contributed by atoms with Gasteiger partial charge < -0.3 is 14.2 Å². The average Bonchev–Trinajstić information content (AvgIpc) is 3.31. The van der Waals surface area contributed by atoms with E-state index in [1.165, 1.54) is 23.0 Å². The molecule has 228 valence electrons. The molecule has 2 heterocycles. The van der Waals surface area contributed by atoms with E-state index in [2.05, 4.69) is 15.9 Å². The predicted octanol–water partition coefficient (Wildman–Crippen LogP) is 7.24. The fourth-order valence-corrected chi connectivity index (χ4v) is 6.88. The largest absolute Gasteiger partial charge is 0.496 e. The van der Waals surface area contributed by atoms with Crippen LogP contribution in [0.15, 0.2) is 86.2 Å². The Morgan fingerprint density at radius 1 is 1.09 bits per heavy atom. The van der Waals surface area contributed by atoms with E-state index in [0.29, 0.717) is 60.7 Å². The molecule has 0 N–H and O–H groups in total. The monoisotopic (exact) mass is 714 g/mol. The molecule has 1 aliphatic heterocycles. The minimum atomic E-state index is -0.838. The number of aromatic nitrogens is 1. The molecule has 5 rings (SSSR count). The molecular weight excluding hydrogens is 687 g/mol. The first-order chi connectivity index (χ1) is 21.2. The van der Waals surface area contributed by atoms with Crippen LogP contribution in [0.25, 0.3) is 6.08 Å². The number of fused-ring (bicyclic) bond motifs is 1. The molecule has 0 fully saturated rings. The van der Waals surface area contributed by atoms with Gasteiger partial charge in [0, 0.05) is 21.2 Å². The summed E-state index contributed by atoms with van der Waals surface area (Å²) in [5.74, 6) is 0.599. The number of hydrogen-bond acceptors (Lipinski definition) is 7. The Morgan fingerprint density at radius 3 is 2.57 bits per heavy atom. The summed E-state index contributed by atoms with van der Waals surface area (Å²) < 4.78 is 19.8. The van der Waals surface area contributed by atoms with Crippen molar-refractivity contribution in [3.8, 4) is 11.5 Å². The maximum absolute atomic E-state index is 14.1. The first-order valence-electron chi connectivity index (χ1n) is 14.0. The number of nitrogens with zero attached hydrogens (tertiary/aromatic N) is 2. The van der Waals surface area contributed by atoms with E-state index in [4.69, 9.17) is 42.4 Å². The van der Waals surface area contributed by atoms with E-state index < -0.39 is 12.0 Å². The van der Waals surface area contributed by atoms with E-state index in [-0.39, 0.29) is 12.2 Å². The number of carbonyl (C=O) groups excluding carboxylic acids is 1. The van der Waals surface area contributed by atoms with Gasteiger partial charge in [-0.15, -0.1) is 0 Å². The smallest absolute Gasteiger partial charge is 0.338 e. The number of thiazole rings is 1. The molecule has 0 saturated heterocycles. The molecule has 0 saturated carbocycles. The molecule has 0 bridgehead atoms. The summed E-state index contributed by atoms with van der Waals surface area (Å²) >= 11 is 17.5. The third-order valence-electron chi connectivity index (χ3n) is 6.97. The summed E-state index contributed by atoms with van der Waals surface area (Å²) in [7, 11) is 1.54. The molecule has 4 aromatic rings. The van der Waals surface area contributed by atoms with Gasteiger partial charge in [0.05, 0.1) is 34.0 Å². The number of methoxy groups -OCH3 is 1. The van der Waals surface area contributed by atoms with Crippen LogP contribution >= 0.6 is 50.5 Å². The lowest BCUT2D eigenvalue weighted by Gasteiger charge is -2.27. The highest BCUT2D eigenvalue weighted by Crippen LogP contribution is 2.38. The van der Waals surface area contributed by atoms with Gasteiger partial charge >= 0.3 is 5.97 Å². The van der Waals surface area contributed by atoms with E-state index in [1.54, 1.807) is 31.2 Å². The molecule has 0 unspecified atom stereocenters. The SMILES string of the molecule is CCCC1=C(C(=O)OCC)[C@@H](c2cc(Cl)ccc2OC)n2c(s/c(=C/c3ccc(OCc4ccccc4Cl)c(Br)c3)c2=O)=N1. The Balaban J connectivity index is 1.61. The molecule has 1 atom stereocenters. The number of allylic oxidation sites excluding steroid dienone is 1. The van der Waals surface area contributed by atoms with Gasteiger partial charge in [-0.25, -0.2) is 9.79 Å². The van der Waals surface area contributed by atoms with Crippen molar-refractivity contribution in [2.45, 2.75) is 39.3 Å². The fraction of sp³-hybridized carbons (Fsp3) is 0.242. The molecule has 0 aliphatic carbocycles. The van der Waals surface area contributed by atoms with Crippen LogP contribution in [0.5, 0.6) is 11.5 Å². The van der Waals surface area contributed by atoms with Gasteiger partial charge in [-0.05, 0) is 77.3 Å². The Hall–Kier alpha value is -3.37. The van der Waals surface area contributed by atoms with Crippen molar-refractivity contribution in [1.82, 2.24) is 4.57 Å². The number of esters is 1. The summed E-state index contributed by atoms with van der Waals surface area (Å²) in [6.07, 6.45) is 3.07. The normalized spacial score (nSPS) is 14.7. The highest BCUT2D eigenvalue weighted by Gasteiger charge is 2.36. The first kappa shape index (κ1) is 32.0. The molecule has 7 nitrogen and oxygen atoms in total. The second kappa shape index (κ2) is 14.2. The summed E-state index contributed by atoms with van der Waals surface area (Å²) in [6, 6.07) is 17.4. The lowest BCUT2D eigenvalue weighted by atomic mass is 9.93. The third-order valence-corrected chi connectivity index (χ3v) is 9.18. The topological polar surface area (TPSA) is 79.1 Å². The average molecular weight is 716 g/mol. The quantitative estimate of drug-likeness (QED) is 0.162. The number of ether oxygens (including phenoxy) is 3. The van der Waals surface area contributed by atoms with E-state index in [9.17, 15) is 9.59 Å². The highest BCUT2D eigenvalue weighted by molar-refractivity contribution is 9.10. The van der Waals surface area contributed by atoms with Crippen LogP contribution in [0, 0.1) is 0 Å². The van der Waals surface area contributed by atoms with Gasteiger partial charge in [0.1, 0.15) is 24.1 Å². The standard InChI is InChI=1S/C33H29BrCl2N2O5S/c1-4-8-25-29(32(40)42-5-2)30(22-17-21(35)12-14-26(22)41-3)38-31(39)28(44-33(38)37-25)16-19-11-13-27(23(34)15-19)43-18-20-9-6-7-10-24(20)36/h6-7,9-17,30H,4-5,8,18H2,1-3H3/b28-16+/t30-/m1/s1. The van der Waals surface area contributed by atoms with Crippen molar-refractivity contribution in [3.63, 3.8) is 0 Å². The second-order valence-electron chi connectivity index (χ2n) is 9.87. The van der Waals surface area contributed by atoms with Crippen LogP contribution in [0.3, 0.4) is 0 Å². The number of hydrogen-bond donors (Lipinski definition) is 0. The van der Waals surface area contributed by atoms with E-state index >= 15 is 0 Å². The van der Waals surface area contributed by atoms with Gasteiger partial charge in [-0.2, -0.15) is 0 Å². The third kappa shape index (κ3) is 6.66. The molecule has 0 spiro atoms.